The zero-order valence-electron chi connectivity index (χ0n) is 13.7. The number of imidazole rings is 1. The van der Waals surface area contributed by atoms with Crippen LogP contribution in [0.1, 0.15) is 49.9 Å². The standard InChI is InChI=1S/C17H22N4O2/c1-17(2,3)16-20-14(12-6-4-5-9-21(12)16)15(23)18-10-13(22)19-11-7-8-11/h4-6,9,11H,7-8,10H2,1-3H3,(H,18,23)(H,19,22). The number of hydrogen-bond acceptors (Lipinski definition) is 3. The van der Waals surface area contributed by atoms with E-state index in [1.165, 1.54) is 0 Å². The average Bonchev–Trinajstić information content (AvgIpc) is 3.20. The van der Waals surface area contributed by atoms with Crippen LogP contribution in [0.4, 0.5) is 0 Å². The first-order valence-electron chi connectivity index (χ1n) is 7.91. The quantitative estimate of drug-likeness (QED) is 0.901. The van der Waals surface area contributed by atoms with Gasteiger partial charge in [0.05, 0.1) is 12.1 Å². The minimum absolute atomic E-state index is 0.0218. The fraction of sp³-hybridized carbons (Fsp3) is 0.471. The van der Waals surface area contributed by atoms with Crippen molar-refractivity contribution in [3.05, 3.63) is 35.9 Å². The van der Waals surface area contributed by atoms with Crippen LogP contribution in [0.2, 0.25) is 0 Å². The number of hydrogen-bond donors (Lipinski definition) is 2. The van der Waals surface area contributed by atoms with Crippen molar-refractivity contribution in [1.82, 2.24) is 20.0 Å². The maximum absolute atomic E-state index is 12.4. The van der Waals surface area contributed by atoms with Gasteiger partial charge in [-0.2, -0.15) is 0 Å². The summed E-state index contributed by atoms with van der Waals surface area (Å²) in [6.07, 6.45) is 3.96. The van der Waals surface area contributed by atoms with Crippen molar-refractivity contribution < 1.29 is 9.59 Å². The smallest absolute Gasteiger partial charge is 0.272 e. The molecule has 1 fully saturated rings. The van der Waals surface area contributed by atoms with Crippen LogP contribution < -0.4 is 10.6 Å². The van der Waals surface area contributed by atoms with Crippen LogP contribution >= 0.6 is 0 Å². The van der Waals surface area contributed by atoms with Gasteiger partial charge in [0.15, 0.2) is 5.69 Å². The van der Waals surface area contributed by atoms with E-state index in [1.807, 2.05) is 28.8 Å². The Hall–Kier alpha value is -2.37. The molecule has 0 atom stereocenters. The molecule has 1 aliphatic rings. The zero-order valence-corrected chi connectivity index (χ0v) is 13.7. The van der Waals surface area contributed by atoms with E-state index in [0.717, 1.165) is 24.2 Å². The Kier molecular flexibility index (Phi) is 3.83. The van der Waals surface area contributed by atoms with Gasteiger partial charge in [0.25, 0.3) is 5.91 Å². The highest BCUT2D eigenvalue weighted by molar-refractivity contribution is 6.00. The van der Waals surface area contributed by atoms with Crippen LogP contribution in [0.5, 0.6) is 0 Å². The van der Waals surface area contributed by atoms with E-state index in [-0.39, 0.29) is 23.8 Å². The molecule has 0 bridgehead atoms. The third-order valence-corrected chi connectivity index (χ3v) is 3.79. The first-order chi connectivity index (χ1) is 10.9. The summed E-state index contributed by atoms with van der Waals surface area (Å²) in [5.41, 5.74) is 0.916. The molecule has 2 N–H and O–H groups in total. The van der Waals surface area contributed by atoms with Crippen molar-refractivity contribution in [1.29, 1.82) is 0 Å². The van der Waals surface area contributed by atoms with Gasteiger partial charge in [-0.25, -0.2) is 4.98 Å². The van der Waals surface area contributed by atoms with E-state index in [0.29, 0.717) is 11.7 Å². The number of amides is 2. The highest BCUT2D eigenvalue weighted by Crippen LogP contribution is 2.24. The maximum atomic E-state index is 12.4. The number of nitrogens with one attached hydrogen (secondary N) is 2. The highest BCUT2D eigenvalue weighted by Gasteiger charge is 2.26. The van der Waals surface area contributed by atoms with Gasteiger partial charge in [-0.3, -0.25) is 9.59 Å². The van der Waals surface area contributed by atoms with Crippen LogP contribution in [0, 0.1) is 0 Å². The molecule has 122 valence electrons. The third-order valence-electron chi connectivity index (χ3n) is 3.79. The summed E-state index contributed by atoms with van der Waals surface area (Å²) < 4.78 is 1.93. The molecule has 6 heteroatoms. The normalized spacial score (nSPS) is 14.7. The van der Waals surface area contributed by atoms with Crippen molar-refractivity contribution >= 4 is 17.3 Å². The van der Waals surface area contributed by atoms with E-state index < -0.39 is 0 Å². The molecule has 1 aliphatic carbocycles. The van der Waals surface area contributed by atoms with Gasteiger partial charge in [-0.05, 0) is 25.0 Å². The second-order valence-electron chi connectivity index (χ2n) is 7.01. The summed E-state index contributed by atoms with van der Waals surface area (Å²) in [6.45, 7) is 6.14. The summed E-state index contributed by atoms with van der Waals surface area (Å²) in [5, 5.41) is 5.51. The zero-order chi connectivity index (χ0) is 16.6. The van der Waals surface area contributed by atoms with E-state index in [9.17, 15) is 9.59 Å². The molecule has 23 heavy (non-hydrogen) atoms. The molecular formula is C17H22N4O2. The van der Waals surface area contributed by atoms with Crippen molar-refractivity contribution in [2.24, 2.45) is 0 Å². The molecule has 2 aromatic rings. The number of fused-ring (bicyclic) bond motifs is 1. The largest absolute Gasteiger partial charge is 0.352 e. The summed E-state index contributed by atoms with van der Waals surface area (Å²) in [5.74, 6) is 0.344. The second kappa shape index (κ2) is 5.68. The van der Waals surface area contributed by atoms with Gasteiger partial charge in [-0.1, -0.05) is 26.8 Å². The SMILES string of the molecule is CC(C)(C)c1nc(C(=O)NCC(=O)NC2CC2)c2ccccn12. The predicted molar refractivity (Wildman–Crippen MR) is 87.4 cm³/mol. The van der Waals surface area contributed by atoms with Crippen LogP contribution in [-0.4, -0.2) is 33.8 Å². The lowest BCUT2D eigenvalue weighted by Crippen LogP contribution is -2.38. The summed E-state index contributed by atoms with van der Waals surface area (Å²) in [6, 6.07) is 5.94. The molecule has 2 amide bonds. The Morgan fingerprint density at radius 2 is 2.04 bits per heavy atom. The lowest BCUT2D eigenvalue weighted by atomic mass is 9.96. The summed E-state index contributed by atoms with van der Waals surface area (Å²) >= 11 is 0. The molecule has 3 rings (SSSR count). The van der Waals surface area contributed by atoms with E-state index in [4.69, 9.17) is 0 Å². The van der Waals surface area contributed by atoms with Gasteiger partial charge >= 0.3 is 0 Å². The number of pyridine rings is 1. The molecular weight excluding hydrogens is 292 g/mol. The molecule has 2 aromatic heterocycles. The molecule has 0 spiro atoms. The van der Waals surface area contributed by atoms with Gasteiger partial charge in [0.2, 0.25) is 5.91 Å². The van der Waals surface area contributed by atoms with Crippen molar-refractivity contribution in [2.45, 2.75) is 45.1 Å². The molecule has 0 saturated heterocycles. The van der Waals surface area contributed by atoms with Gasteiger partial charge in [0.1, 0.15) is 5.82 Å². The number of rotatable bonds is 4. The molecule has 0 unspecified atom stereocenters. The van der Waals surface area contributed by atoms with Crippen molar-refractivity contribution in [2.75, 3.05) is 6.54 Å². The molecule has 0 radical (unpaired) electrons. The average molecular weight is 314 g/mol. The number of nitrogens with zero attached hydrogens (tertiary/aromatic N) is 2. The monoisotopic (exact) mass is 314 g/mol. The van der Waals surface area contributed by atoms with Crippen LogP contribution in [0.25, 0.3) is 5.52 Å². The highest BCUT2D eigenvalue weighted by atomic mass is 16.2. The maximum Gasteiger partial charge on any atom is 0.272 e. The molecule has 0 aromatic carbocycles. The van der Waals surface area contributed by atoms with Crippen molar-refractivity contribution in [3.63, 3.8) is 0 Å². The lowest BCUT2D eigenvalue weighted by Gasteiger charge is -2.16. The third kappa shape index (κ3) is 3.36. The fourth-order valence-corrected chi connectivity index (χ4v) is 2.48. The van der Waals surface area contributed by atoms with Crippen LogP contribution in [0.15, 0.2) is 24.4 Å². The fourth-order valence-electron chi connectivity index (χ4n) is 2.48. The minimum atomic E-state index is -0.324. The topological polar surface area (TPSA) is 75.5 Å². The Bertz CT molecular complexity index is 754. The van der Waals surface area contributed by atoms with Gasteiger partial charge in [-0.15, -0.1) is 0 Å². The summed E-state index contributed by atoms with van der Waals surface area (Å²) in [4.78, 5) is 28.7. The molecule has 1 saturated carbocycles. The van der Waals surface area contributed by atoms with Crippen LogP contribution in [0.3, 0.4) is 0 Å². The minimum Gasteiger partial charge on any atom is -0.352 e. The Balaban J connectivity index is 1.81. The Morgan fingerprint density at radius 3 is 2.70 bits per heavy atom. The number of aromatic nitrogens is 2. The molecule has 6 nitrogen and oxygen atoms in total. The Morgan fingerprint density at radius 1 is 1.30 bits per heavy atom. The predicted octanol–water partition coefficient (Wildman–Crippen LogP) is 1.64. The lowest BCUT2D eigenvalue weighted by molar-refractivity contribution is -0.120. The first-order valence-corrected chi connectivity index (χ1v) is 7.91. The van der Waals surface area contributed by atoms with E-state index in [2.05, 4.69) is 36.4 Å². The summed E-state index contributed by atoms with van der Waals surface area (Å²) in [7, 11) is 0. The Labute approximate surface area is 135 Å². The second-order valence-corrected chi connectivity index (χ2v) is 7.01. The first kappa shape index (κ1) is 15.5. The van der Waals surface area contributed by atoms with E-state index >= 15 is 0 Å². The van der Waals surface area contributed by atoms with Gasteiger partial charge < -0.3 is 15.0 Å². The van der Waals surface area contributed by atoms with Crippen molar-refractivity contribution in [3.8, 4) is 0 Å². The molecule has 2 heterocycles. The molecule has 0 aliphatic heterocycles. The number of carbonyl (C=O) groups excluding carboxylic acids is 2. The van der Waals surface area contributed by atoms with E-state index in [1.54, 1.807) is 0 Å². The van der Waals surface area contributed by atoms with Crippen LogP contribution in [-0.2, 0) is 10.2 Å². The number of carbonyl (C=O) groups is 2. The van der Waals surface area contributed by atoms with Gasteiger partial charge in [0, 0.05) is 17.7 Å².